The van der Waals surface area contributed by atoms with Gasteiger partial charge in [-0.05, 0) is 49.6 Å². The zero-order valence-electron chi connectivity index (χ0n) is 13.8. The summed E-state index contributed by atoms with van der Waals surface area (Å²) in [4.78, 5) is 0. The number of aryl methyl sites for hydroxylation is 1. The Morgan fingerprint density at radius 1 is 0.958 bits per heavy atom. The van der Waals surface area contributed by atoms with Gasteiger partial charge in [0.25, 0.3) is 0 Å². The van der Waals surface area contributed by atoms with Crippen LogP contribution in [-0.2, 0) is 13.0 Å². The molecule has 0 fully saturated rings. The zero-order chi connectivity index (χ0) is 16.8. The molecule has 1 atom stereocenters. The molecule has 24 heavy (non-hydrogen) atoms. The van der Waals surface area contributed by atoms with E-state index in [0.29, 0.717) is 6.04 Å². The molecule has 0 spiro atoms. The highest BCUT2D eigenvalue weighted by atomic mass is 79.9. The Bertz CT molecular complexity index is 749. The van der Waals surface area contributed by atoms with Crippen LogP contribution in [0.4, 0.5) is 0 Å². The summed E-state index contributed by atoms with van der Waals surface area (Å²) in [7, 11) is 0. The molecule has 2 nitrogen and oxygen atoms in total. The number of benzene rings is 2. The summed E-state index contributed by atoms with van der Waals surface area (Å²) >= 11 is 3.45. The van der Waals surface area contributed by atoms with Crippen LogP contribution in [0.25, 0.3) is 11.3 Å². The molecule has 0 saturated carbocycles. The lowest BCUT2D eigenvalue weighted by Gasteiger charge is -2.12. The molecule has 0 unspecified atom stereocenters. The van der Waals surface area contributed by atoms with Gasteiger partial charge >= 0.3 is 0 Å². The van der Waals surface area contributed by atoms with Crippen molar-refractivity contribution in [1.82, 2.24) is 5.32 Å². The van der Waals surface area contributed by atoms with Crippen LogP contribution in [-0.4, -0.2) is 6.04 Å². The van der Waals surface area contributed by atoms with Gasteiger partial charge in [-0.15, -0.1) is 0 Å². The van der Waals surface area contributed by atoms with Crippen molar-refractivity contribution in [3.63, 3.8) is 0 Å². The highest BCUT2D eigenvalue weighted by molar-refractivity contribution is 9.10. The first kappa shape index (κ1) is 17.0. The van der Waals surface area contributed by atoms with Gasteiger partial charge in [-0.3, -0.25) is 0 Å². The van der Waals surface area contributed by atoms with Crippen molar-refractivity contribution >= 4 is 15.9 Å². The van der Waals surface area contributed by atoms with Crippen LogP contribution in [0.5, 0.6) is 0 Å². The van der Waals surface area contributed by atoms with Gasteiger partial charge in [0.05, 0.1) is 6.54 Å². The lowest BCUT2D eigenvalue weighted by atomic mass is 10.1. The van der Waals surface area contributed by atoms with E-state index in [1.165, 1.54) is 5.56 Å². The molecule has 124 valence electrons. The number of rotatable bonds is 7. The maximum Gasteiger partial charge on any atom is 0.134 e. The van der Waals surface area contributed by atoms with Crippen LogP contribution in [0.3, 0.4) is 0 Å². The van der Waals surface area contributed by atoms with Gasteiger partial charge in [0.15, 0.2) is 0 Å². The summed E-state index contributed by atoms with van der Waals surface area (Å²) in [5, 5.41) is 3.54. The first-order valence-electron chi connectivity index (χ1n) is 8.32. The quantitative estimate of drug-likeness (QED) is 0.555. The topological polar surface area (TPSA) is 25.2 Å². The zero-order valence-corrected chi connectivity index (χ0v) is 15.4. The standard InChI is InChI=1S/C21H22BrNO/c1-16(7-8-17-5-3-2-4-6-17)23-15-20-13-14-21(24-20)18-9-11-19(22)12-10-18/h2-6,9-14,16,23H,7-8,15H2,1H3/t16-/m0/s1. The van der Waals surface area contributed by atoms with Crippen molar-refractivity contribution in [2.75, 3.05) is 0 Å². The smallest absolute Gasteiger partial charge is 0.134 e. The molecular formula is C21H22BrNO. The van der Waals surface area contributed by atoms with E-state index in [9.17, 15) is 0 Å². The molecule has 0 aliphatic heterocycles. The minimum atomic E-state index is 0.450. The average Bonchev–Trinajstić information content (AvgIpc) is 3.09. The molecule has 0 amide bonds. The number of hydrogen-bond donors (Lipinski definition) is 1. The maximum absolute atomic E-state index is 5.94. The fourth-order valence-electron chi connectivity index (χ4n) is 2.65. The van der Waals surface area contributed by atoms with Crippen molar-refractivity contribution in [1.29, 1.82) is 0 Å². The molecule has 2 aromatic carbocycles. The monoisotopic (exact) mass is 383 g/mol. The van der Waals surface area contributed by atoms with Crippen LogP contribution in [0.1, 0.15) is 24.7 Å². The molecule has 0 aliphatic rings. The molecule has 0 saturated heterocycles. The first-order chi connectivity index (χ1) is 11.7. The van der Waals surface area contributed by atoms with E-state index in [1.54, 1.807) is 0 Å². The maximum atomic E-state index is 5.94. The Hall–Kier alpha value is -1.84. The third-order valence-corrected chi connectivity index (χ3v) is 4.65. The summed E-state index contributed by atoms with van der Waals surface area (Å²) in [6, 6.07) is 23.3. The largest absolute Gasteiger partial charge is 0.460 e. The van der Waals surface area contributed by atoms with Crippen molar-refractivity contribution in [2.45, 2.75) is 32.4 Å². The molecule has 3 rings (SSSR count). The van der Waals surface area contributed by atoms with Crippen molar-refractivity contribution in [3.05, 3.63) is 82.5 Å². The van der Waals surface area contributed by atoms with Gasteiger partial charge in [0, 0.05) is 16.1 Å². The molecule has 0 bridgehead atoms. The van der Waals surface area contributed by atoms with Crippen LogP contribution >= 0.6 is 15.9 Å². The van der Waals surface area contributed by atoms with Crippen molar-refractivity contribution in [3.8, 4) is 11.3 Å². The lowest BCUT2D eigenvalue weighted by molar-refractivity contribution is 0.449. The summed E-state index contributed by atoms with van der Waals surface area (Å²) in [6.45, 7) is 2.98. The van der Waals surface area contributed by atoms with Gasteiger partial charge in [-0.2, -0.15) is 0 Å². The summed E-state index contributed by atoms with van der Waals surface area (Å²) < 4.78 is 7.02. The second kappa shape index (κ2) is 8.32. The SMILES string of the molecule is C[C@@H](CCc1ccccc1)NCc1ccc(-c2ccc(Br)cc2)o1. The second-order valence-electron chi connectivity index (χ2n) is 6.08. The fourth-order valence-corrected chi connectivity index (χ4v) is 2.91. The Morgan fingerprint density at radius 3 is 2.46 bits per heavy atom. The minimum Gasteiger partial charge on any atom is -0.460 e. The van der Waals surface area contributed by atoms with Gasteiger partial charge in [0.1, 0.15) is 11.5 Å². The third kappa shape index (κ3) is 4.83. The molecule has 0 radical (unpaired) electrons. The predicted molar refractivity (Wildman–Crippen MR) is 103 cm³/mol. The molecular weight excluding hydrogens is 362 g/mol. The van der Waals surface area contributed by atoms with E-state index in [1.807, 2.05) is 24.3 Å². The number of nitrogens with one attached hydrogen (secondary N) is 1. The summed E-state index contributed by atoms with van der Waals surface area (Å²) in [5.41, 5.74) is 2.49. The van der Waals surface area contributed by atoms with Gasteiger partial charge in [0.2, 0.25) is 0 Å². The van der Waals surface area contributed by atoms with Crippen LogP contribution < -0.4 is 5.32 Å². The van der Waals surface area contributed by atoms with E-state index < -0.39 is 0 Å². The fraction of sp³-hybridized carbons (Fsp3) is 0.238. The van der Waals surface area contributed by atoms with Crippen LogP contribution in [0.15, 0.2) is 75.6 Å². The summed E-state index contributed by atoms with van der Waals surface area (Å²) in [6.07, 6.45) is 2.21. The number of furan rings is 1. The lowest BCUT2D eigenvalue weighted by Crippen LogP contribution is -2.25. The second-order valence-corrected chi connectivity index (χ2v) is 6.99. The van der Waals surface area contributed by atoms with Gasteiger partial charge < -0.3 is 9.73 Å². The Morgan fingerprint density at radius 2 is 1.71 bits per heavy atom. The predicted octanol–water partition coefficient (Wildman–Crippen LogP) is 5.82. The van der Waals surface area contributed by atoms with E-state index in [2.05, 4.69) is 70.6 Å². The molecule has 1 heterocycles. The number of hydrogen-bond acceptors (Lipinski definition) is 2. The van der Waals surface area contributed by atoms with Crippen LogP contribution in [0.2, 0.25) is 0 Å². The third-order valence-electron chi connectivity index (χ3n) is 4.12. The minimum absolute atomic E-state index is 0.450. The normalized spacial score (nSPS) is 12.2. The molecule has 3 aromatic rings. The van der Waals surface area contributed by atoms with E-state index in [-0.39, 0.29) is 0 Å². The Labute approximate surface area is 152 Å². The molecule has 1 aromatic heterocycles. The highest BCUT2D eigenvalue weighted by Crippen LogP contribution is 2.24. The van der Waals surface area contributed by atoms with Gasteiger partial charge in [-0.1, -0.05) is 58.4 Å². The van der Waals surface area contributed by atoms with Gasteiger partial charge in [-0.25, -0.2) is 0 Å². The van der Waals surface area contributed by atoms with E-state index in [0.717, 1.165) is 40.9 Å². The average molecular weight is 384 g/mol. The van der Waals surface area contributed by atoms with Crippen LogP contribution in [0, 0.1) is 0 Å². The van der Waals surface area contributed by atoms with Crippen molar-refractivity contribution in [2.24, 2.45) is 0 Å². The Kier molecular flexibility index (Phi) is 5.89. The molecule has 0 aliphatic carbocycles. The summed E-state index contributed by atoms with van der Waals surface area (Å²) in [5.74, 6) is 1.88. The van der Waals surface area contributed by atoms with Crippen molar-refractivity contribution < 1.29 is 4.42 Å². The van der Waals surface area contributed by atoms with E-state index in [4.69, 9.17) is 4.42 Å². The van der Waals surface area contributed by atoms with E-state index >= 15 is 0 Å². The highest BCUT2D eigenvalue weighted by Gasteiger charge is 2.07. The first-order valence-corrected chi connectivity index (χ1v) is 9.12. The Balaban J connectivity index is 1.49. The molecule has 1 N–H and O–H groups in total. The molecule has 3 heteroatoms. The number of halogens is 1.